The number of amides is 1. The Kier molecular flexibility index (Phi) is 6.85. The molecule has 4 nitrogen and oxygen atoms in total. The average Bonchev–Trinajstić information content (AvgIpc) is 2.71. The fourth-order valence-corrected chi connectivity index (χ4v) is 3.17. The number of ether oxygens (including phenoxy) is 1. The molecule has 0 radical (unpaired) electrons. The Morgan fingerprint density at radius 1 is 0.929 bits per heavy atom. The number of halogens is 2. The summed E-state index contributed by atoms with van der Waals surface area (Å²) < 4.78 is 6.04. The van der Waals surface area contributed by atoms with Gasteiger partial charge in [-0.2, -0.15) is 0 Å². The van der Waals surface area contributed by atoms with E-state index in [-0.39, 0.29) is 6.61 Å². The van der Waals surface area contributed by atoms with Crippen LogP contribution in [0.15, 0.2) is 83.3 Å². The number of carbonyl (C=O) groups excluding carboxylic acids is 2. The highest BCUT2D eigenvalue weighted by Crippen LogP contribution is 2.27. The number of rotatable bonds is 6. The molecule has 0 bridgehead atoms. The van der Waals surface area contributed by atoms with Crippen LogP contribution in [0.3, 0.4) is 0 Å². The predicted molar refractivity (Wildman–Crippen MR) is 113 cm³/mol. The Bertz CT molecular complexity index is 925. The third kappa shape index (κ3) is 5.21. The summed E-state index contributed by atoms with van der Waals surface area (Å²) in [6.07, 6.45) is 0. The van der Waals surface area contributed by atoms with Gasteiger partial charge in [-0.05, 0) is 45.3 Å². The number of hydrogen-bond donors (Lipinski definition) is 1. The Morgan fingerprint density at radius 3 is 2.04 bits per heavy atom. The zero-order valence-electron chi connectivity index (χ0n) is 14.8. The molecule has 0 fully saturated rings. The largest absolute Gasteiger partial charge is 0.455 e. The van der Waals surface area contributed by atoms with Crippen molar-refractivity contribution in [2.24, 2.45) is 0 Å². The Hall–Kier alpha value is -2.63. The van der Waals surface area contributed by atoms with E-state index < -0.39 is 17.8 Å². The van der Waals surface area contributed by atoms with Gasteiger partial charge in [0.1, 0.15) is 5.92 Å². The van der Waals surface area contributed by atoms with Gasteiger partial charge < -0.3 is 10.1 Å². The summed E-state index contributed by atoms with van der Waals surface area (Å²) in [7, 11) is 0. The minimum absolute atomic E-state index is 0.386. The molecule has 0 aliphatic carbocycles. The molecule has 0 aliphatic rings. The zero-order chi connectivity index (χ0) is 19.9. The smallest absolute Gasteiger partial charge is 0.318 e. The van der Waals surface area contributed by atoms with Gasteiger partial charge in [0.15, 0.2) is 6.61 Å². The maximum atomic E-state index is 12.8. The van der Waals surface area contributed by atoms with E-state index in [0.29, 0.717) is 10.7 Å². The average molecular weight is 459 g/mol. The summed E-state index contributed by atoms with van der Waals surface area (Å²) in [6, 6.07) is 23.7. The van der Waals surface area contributed by atoms with Gasteiger partial charge in [0.2, 0.25) is 0 Å². The molecular formula is C22H17BrClNO3. The first-order valence-electron chi connectivity index (χ1n) is 8.56. The quantitative estimate of drug-likeness (QED) is 0.502. The molecule has 28 heavy (non-hydrogen) atoms. The van der Waals surface area contributed by atoms with Crippen LogP contribution in [0, 0.1) is 0 Å². The van der Waals surface area contributed by atoms with Crippen molar-refractivity contribution >= 4 is 45.1 Å². The number of hydrogen-bond acceptors (Lipinski definition) is 3. The van der Waals surface area contributed by atoms with Crippen molar-refractivity contribution in [3.05, 3.63) is 99.5 Å². The number of nitrogens with one attached hydrogen (secondary N) is 1. The van der Waals surface area contributed by atoms with Crippen molar-refractivity contribution in [1.82, 2.24) is 0 Å². The number of benzene rings is 3. The van der Waals surface area contributed by atoms with Gasteiger partial charge in [-0.25, -0.2) is 0 Å². The van der Waals surface area contributed by atoms with Gasteiger partial charge in [0, 0.05) is 10.2 Å². The molecule has 0 saturated carbocycles. The number of esters is 1. The van der Waals surface area contributed by atoms with Gasteiger partial charge in [0.25, 0.3) is 5.91 Å². The third-order valence-electron chi connectivity index (χ3n) is 4.05. The van der Waals surface area contributed by atoms with Crippen LogP contribution in [-0.4, -0.2) is 18.5 Å². The SMILES string of the molecule is O=C(COC(=O)C(c1ccccc1)c1ccccc1)Nc1ccc(Br)c(Cl)c1. The highest BCUT2D eigenvalue weighted by molar-refractivity contribution is 9.10. The summed E-state index contributed by atoms with van der Waals surface area (Å²) in [5.41, 5.74) is 2.13. The summed E-state index contributed by atoms with van der Waals surface area (Å²) in [5.74, 6) is -1.52. The number of anilines is 1. The lowest BCUT2D eigenvalue weighted by molar-refractivity contribution is -0.147. The molecule has 3 aromatic carbocycles. The van der Waals surface area contributed by atoms with Crippen LogP contribution in [0.2, 0.25) is 5.02 Å². The van der Waals surface area contributed by atoms with Crippen LogP contribution in [0.25, 0.3) is 0 Å². The molecule has 3 rings (SSSR count). The van der Waals surface area contributed by atoms with E-state index in [1.807, 2.05) is 60.7 Å². The minimum atomic E-state index is -0.600. The van der Waals surface area contributed by atoms with Gasteiger partial charge in [0.05, 0.1) is 5.02 Å². The first-order valence-corrected chi connectivity index (χ1v) is 9.73. The Morgan fingerprint density at radius 2 is 1.50 bits per heavy atom. The molecule has 1 N–H and O–H groups in total. The normalized spacial score (nSPS) is 10.5. The van der Waals surface area contributed by atoms with E-state index in [9.17, 15) is 9.59 Å². The first kappa shape index (κ1) is 20.1. The fourth-order valence-electron chi connectivity index (χ4n) is 2.75. The lowest BCUT2D eigenvalue weighted by atomic mass is 9.91. The van der Waals surface area contributed by atoms with Crippen LogP contribution >= 0.6 is 27.5 Å². The zero-order valence-corrected chi connectivity index (χ0v) is 17.1. The standard InChI is InChI=1S/C22H17BrClNO3/c23-18-12-11-17(13-19(18)24)25-20(26)14-28-22(27)21(15-7-3-1-4-8-15)16-9-5-2-6-10-16/h1-13,21H,14H2,(H,25,26). The van der Waals surface area contributed by atoms with E-state index in [1.54, 1.807) is 18.2 Å². The predicted octanol–water partition coefficient (Wildman–Crippen LogP) is 5.42. The van der Waals surface area contributed by atoms with E-state index in [4.69, 9.17) is 16.3 Å². The Labute approximate surface area is 176 Å². The highest BCUT2D eigenvalue weighted by Gasteiger charge is 2.24. The second kappa shape index (κ2) is 9.53. The van der Waals surface area contributed by atoms with E-state index in [2.05, 4.69) is 21.2 Å². The Balaban J connectivity index is 1.68. The van der Waals surface area contributed by atoms with Crippen molar-refractivity contribution in [3.63, 3.8) is 0 Å². The first-order chi connectivity index (χ1) is 13.5. The molecular weight excluding hydrogens is 442 g/mol. The van der Waals surface area contributed by atoms with Gasteiger partial charge in [-0.3, -0.25) is 9.59 Å². The molecule has 0 atom stereocenters. The molecule has 0 unspecified atom stereocenters. The van der Waals surface area contributed by atoms with Crippen molar-refractivity contribution in [2.75, 3.05) is 11.9 Å². The molecule has 1 amide bonds. The highest BCUT2D eigenvalue weighted by atomic mass is 79.9. The molecule has 6 heteroatoms. The summed E-state index contributed by atoms with van der Waals surface area (Å²) >= 11 is 9.31. The molecule has 0 saturated heterocycles. The molecule has 3 aromatic rings. The summed E-state index contributed by atoms with van der Waals surface area (Å²) in [6.45, 7) is -0.386. The van der Waals surface area contributed by atoms with Crippen molar-refractivity contribution in [2.45, 2.75) is 5.92 Å². The lowest BCUT2D eigenvalue weighted by Crippen LogP contribution is -2.24. The van der Waals surface area contributed by atoms with Crippen LogP contribution in [0.1, 0.15) is 17.0 Å². The van der Waals surface area contributed by atoms with Gasteiger partial charge >= 0.3 is 5.97 Å². The summed E-state index contributed by atoms with van der Waals surface area (Å²) in [5, 5.41) is 3.14. The van der Waals surface area contributed by atoms with E-state index >= 15 is 0 Å². The van der Waals surface area contributed by atoms with Crippen LogP contribution in [0.5, 0.6) is 0 Å². The molecule has 0 aromatic heterocycles. The van der Waals surface area contributed by atoms with Crippen molar-refractivity contribution in [3.8, 4) is 0 Å². The topological polar surface area (TPSA) is 55.4 Å². The van der Waals surface area contributed by atoms with Crippen LogP contribution in [-0.2, 0) is 14.3 Å². The number of carbonyl (C=O) groups is 2. The third-order valence-corrected chi connectivity index (χ3v) is 5.28. The van der Waals surface area contributed by atoms with E-state index in [0.717, 1.165) is 15.6 Å². The van der Waals surface area contributed by atoms with Crippen LogP contribution < -0.4 is 5.32 Å². The maximum Gasteiger partial charge on any atom is 0.318 e. The van der Waals surface area contributed by atoms with Crippen molar-refractivity contribution in [1.29, 1.82) is 0 Å². The maximum absolute atomic E-state index is 12.8. The molecule has 0 aliphatic heterocycles. The summed E-state index contributed by atoms with van der Waals surface area (Å²) in [4.78, 5) is 24.9. The second-order valence-corrected chi connectivity index (χ2v) is 7.30. The lowest BCUT2D eigenvalue weighted by Gasteiger charge is -2.17. The molecule has 0 heterocycles. The van der Waals surface area contributed by atoms with Crippen LogP contribution in [0.4, 0.5) is 5.69 Å². The minimum Gasteiger partial charge on any atom is -0.455 e. The monoisotopic (exact) mass is 457 g/mol. The molecule has 0 spiro atoms. The van der Waals surface area contributed by atoms with E-state index in [1.165, 1.54) is 0 Å². The second-order valence-electron chi connectivity index (χ2n) is 6.04. The fraction of sp³-hybridized carbons (Fsp3) is 0.0909. The molecule has 142 valence electrons. The van der Waals surface area contributed by atoms with Gasteiger partial charge in [-0.1, -0.05) is 72.3 Å². The van der Waals surface area contributed by atoms with Gasteiger partial charge in [-0.15, -0.1) is 0 Å². The van der Waals surface area contributed by atoms with Crippen molar-refractivity contribution < 1.29 is 14.3 Å².